The van der Waals surface area contributed by atoms with Crippen LogP contribution in [0.4, 0.5) is 11.4 Å². The molecule has 2 aliphatic rings. The van der Waals surface area contributed by atoms with E-state index >= 15 is 0 Å². The van der Waals surface area contributed by atoms with Gasteiger partial charge in [0.05, 0.1) is 11.3 Å². The van der Waals surface area contributed by atoms with Crippen molar-refractivity contribution >= 4 is 23.1 Å². The van der Waals surface area contributed by atoms with E-state index in [2.05, 4.69) is 18.7 Å². The minimum atomic E-state index is -0.430. The molecule has 0 N–H and O–H groups in total. The van der Waals surface area contributed by atoms with Gasteiger partial charge >= 0.3 is 0 Å². The van der Waals surface area contributed by atoms with Gasteiger partial charge in [0.2, 0.25) is 0 Å². The smallest absolute Gasteiger partial charge is 0.299 e. The SMILES string of the molecule is CC(C)C1CCN(c2ccc3c(c2)N(C)C(=O)C3=O)CC1. The molecule has 2 aliphatic heterocycles. The first-order valence-corrected chi connectivity index (χ1v) is 7.70. The molecule has 0 radical (unpaired) electrons. The van der Waals surface area contributed by atoms with Crippen molar-refractivity contribution in [3.63, 3.8) is 0 Å². The van der Waals surface area contributed by atoms with Gasteiger partial charge in [0.25, 0.3) is 11.7 Å². The second-order valence-electron chi connectivity index (χ2n) is 6.46. The quantitative estimate of drug-likeness (QED) is 0.785. The van der Waals surface area contributed by atoms with Gasteiger partial charge in [-0.1, -0.05) is 13.8 Å². The zero-order chi connectivity index (χ0) is 15.1. The fourth-order valence-corrected chi connectivity index (χ4v) is 3.39. The first kappa shape index (κ1) is 14.1. The van der Waals surface area contributed by atoms with Crippen LogP contribution >= 0.6 is 0 Å². The van der Waals surface area contributed by atoms with Crippen molar-refractivity contribution in [1.29, 1.82) is 0 Å². The Balaban J connectivity index is 1.80. The van der Waals surface area contributed by atoms with E-state index in [1.54, 1.807) is 13.1 Å². The van der Waals surface area contributed by atoms with Gasteiger partial charge in [0, 0.05) is 25.8 Å². The summed E-state index contributed by atoms with van der Waals surface area (Å²) in [6, 6.07) is 5.75. The Labute approximate surface area is 125 Å². The fraction of sp³-hybridized carbons (Fsp3) is 0.529. The average Bonchev–Trinajstić information content (AvgIpc) is 2.72. The van der Waals surface area contributed by atoms with Gasteiger partial charge in [0.1, 0.15) is 0 Å². The summed E-state index contributed by atoms with van der Waals surface area (Å²) >= 11 is 0. The average molecular weight is 286 g/mol. The van der Waals surface area contributed by atoms with Gasteiger partial charge in [-0.05, 0) is 42.9 Å². The van der Waals surface area contributed by atoms with Crippen molar-refractivity contribution in [1.82, 2.24) is 0 Å². The molecule has 3 rings (SSSR count). The summed E-state index contributed by atoms with van der Waals surface area (Å²) in [4.78, 5) is 27.4. The van der Waals surface area contributed by atoms with Crippen LogP contribution in [-0.2, 0) is 4.79 Å². The van der Waals surface area contributed by atoms with Crippen molar-refractivity contribution in [2.45, 2.75) is 26.7 Å². The van der Waals surface area contributed by atoms with Gasteiger partial charge in [0.15, 0.2) is 0 Å². The molecule has 1 aromatic rings. The number of carbonyl (C=O) groups excluding carboxylic acids is 2. The minimum Gasteiger partial charge on any atom is -0.371 e. The number of amides is 1. The molecule has 0 aliphatic carbocycles. The molecule has 1 fully saturated rings. The van der Waals surface area contributed by atoms with E-state index < -0.39 is 11.7 Å². The van der Waals surface area contributed by atoms with Gasteiger partial charge in [-0.2, -0.15) is 0 Å². The zero-order valence-corrected chi connectivity index (χ0v) is 12.9. The number of hydrogen-bond acceptors (Lipinski definition) is 3. The largest absolute Gasteiger partial charge is 0.371 e. The van der Waals surface area contributed by atoms with Crippen LogP contribution in [0, 0.1) is 11.8 Å². The number of fused-ring (bicyclic) bond motifs is 1. The number of carbonyl (C=O) groups is 2. The lowest BCUT2D eigenvalue weighted by atomic mass is 9.86. The lowest BCUT2D eigenvalue weighted by Gasteiger charge is -2.35. The van der Waals surface area contributed by atoms with Crippen LogP contribution in [0.2, 0.25) is 0 Å². The van der Waals surface area contributed by atoms with E-state index in [-0.39, 0.29) is 0 Å². The molecule has 0 spiro atoms. The molecule has 0 bridgehead atoms. The normalized spacial score (nSPS) is 19.6. The summed E-state index contributed by atoms with van der Waals surface area (Å²) in [6.07, 6.45) is 2.42. The highest BCUT2D eigenvalue weighted by molar-refractivity contribution is 6.52. The topological polar surface area (TPSA) is 40.6 Å². The predicted molar refractivity (Wildman–Crippen MR) is 84.0 cm³/mol. The first-order chi connectivity index (χ1) is 9.99. The lowest BCUT2D eigenvalue weighted by Crippen LogP contribution is -2.35. The molecule has 4 nitrogen and oxygen atoms in total. The Morgan fingerprint density at radius 1 is 1.14 bits per heavy atom. The number of likely N-dealkylation sites (N-methyl/N-ethyl adjacent to an activating group) is 1. The monoisotopic (exact) mass is 286 g/mol. The lowest BCUT2D eigenvalue weighted by molar-refractivity contribution is -0.114. The van der Waals surface area contributed by atoms with Crippen LogP contribution in [0.5, 0.6) is 0 Å². The van der Waals surface area contributed by atoms with E-state index in [1.165, 1.54) is 17.7 Å². The molecule has 21 heavy (non-hydrogen) atoms. The van der Waals surface area contributed by atoms with Gasteiger partial charge in [-0.3, -0.25) is 9.59 Å². The molecular formula is C17H22N2O2. The Morgan fingerprint density at radius 2 is 1.81 bits per heavy atom. The number of ketones is 1. The van der Waals surface area contributed by atoms with Crippen LogP contribution in [0.1, 0.15) is 37.0 Å². The third-order valence-electron chi connectivity index (χ3n) is 4.93. The van der Waals surface area contributed by atoms with Crippen molar-refractivity contribution in [3.05, 3.63) is 23.8 Å². The number of piperidine rings is 1. The number of nitrogens with zero attached hydrogens (tertiary/aromatic N) is 2. The van der Waals surface area contributed by atoms with Crippen molar-refractivity contribution in [2.75, 3.05) is 29.9 Å². The Bertz CT molecular complexity index is 586. The maximum atomic E-state index is 11.8. The first-order valence-electron chi connectivity index (χ1n) is 7.70. The van der Waals surface area contributed by atoms with Gasteiger partial charge in [-0.25, -0.2) is 0 Å². The third-order valence-corrected chi connectivity index (χ3v) is 4.93. The molecule has 0 unspecified atom stereocenters. The molecule has 112 valence electrons. The van der Waals surface area contributed by atoms with Crippen LogP contribution in [0.25, 0.3) is 0 Å². The van der Waals surface area contributed by atoms with Crippen molar-refractivity contribution < 1.29 is 9.59 Å². The highest BCUT2D eigenvalue weighted by Gasteiger charge is 2.34. The van der Waals surface area contributed by atoms with Crippen molar-refractivity contribution in [3.8, 4) is 0 Å². The van der Waals surface area contributed by atoms with Gasteiger partial charge < -0.3 is 9.80 Å². The van der Waals surface area contributed by atoms with Gasteiger partial charge in [-0.15, -0.1) is 0 Å². The van der Waals surface area contributed by atoms with Crippen LogP contribution in [0.3, 0.4) is 0 Å². The predicted octanol–water partition coefficient (Wildman–Crippen LogP) is 2.72. The third kappa shape index (κ3) is 2.33. The summed E-state index contributed by atoms with van der Waals surface area (Å²) in [5, 5.41) is 0. The molecular weight excluding hydrogens is 264 g/mol. The number of Topliss-reactive ketones (excluding diaryl/α,β-unsaturated/α-hetero) is 1. The van der Waals surface area contributed by atoms with E-state index in [1.807, 2.05) is 12.1 Å². The maximum absolute atomic E-state index is 11.8. The second kappa shape index (κ2) is 5.17. The summed E-state index contributed by atoms with van der Waals surface area (Å²) < 4.78 is 0. The van der Waals surface area contributed by atoms with E-state index in [4.69, 9.17) is 0 Å². The zero-order valence-electron chi connectivity index (χ0n) is 12.9. The number of benzene rings is 1. The van der Waals surface area contributed by atoms with E-state index in [9.17, 15) is 9.59 Å². The molecule has 2 heterocycles. The molecule has 1 saturated heterocycles. The summed E-state index contributed by atoms with van der Waals surface area (Å²) in [5.41, 5.74) is 2.39. The highest BCUT2D eigenvalue weighted by Crippen LogP contribution is 2.34. The van der Waals surface area contributed by atoms with Crippen LogP contribution in [0.15, 0.2) is 18.2 Å². The van der Waals surface area contributed by atoms with Crippen LogP contribution < -0.4 is 9.80 Å². The standard InChI is InChI=1S/C17H22N2O2/c1-11(2)12-6-8-19(9-7-12)13-4-5-14-15(10-13)18(3)17(21)16(14)20/h4-5,10-12H,6-9H2,1-3H3. The number of rotatable bonds is 2. The molecule has 0 saturated carbocycles. The second-order valence-corrected chi connectivity index (χ2v) is 6.46. The van der Waals surface area contributed by atoms with Crippen molar-refractivity contribution in [2.24, 2.45) is 11.8 Å². The van der Waals surface area contributed by atoms with E-state index in [0.717, 1.165) is 36.3 Å². The molecule has 0 aromatic heterocycles. The number of anilines is 2. The summed E-state index contributed by atoms with van der Waals surface area (Å²) in [6.45, 7) is 6.68. The Kier molecular flexibility index (Phi) is 3.47. The van der Waals surface area contributed by atoms with Crippen LogP contribution in [-0.4, -0.2) is 31.8 Å². The molecule has 1 amide bonds. The molecule has 0 atom stereocenters. The Hall–Kier alpha value is -1.84. The number of hydrogen-bond donors (Lipinski definition) is 0. The fourth-order valence-electron chi connectivity index (χ4n) is 3.39. The summed E-state index contributed by atoms with van der Waals surface area (Å²) in [7, 11) is 1.67. The maximum Gasteiger partial charge on any atom is 0.299 e. The highest BCUT2D eigenvalue weighted by atomic mass is 16.2. The minimum absolute atomic E-state index is 0.391. The summed E-state index contributed by atoms with van der Waals surface area (Å²) in [5.74, 6) is 0.730. The Morgan fingerprint density at radius 3 is 2.43 bits per heavy atom. The molecule has 4 heteroatoms. The van der Waals surface area contributed by atoms with E-state index in [0.29, 0.717) is 5.56 Å². The molecule has 1 aromatic carbocycles.